The maximum absolute atomic E-state index is 11.7. The Morgan fingerprint density at radius 2 is 2.25 bits per heavy atom. The van der Waals surface area contributed by atoms with Crippen molar-refractivity contribution >= 4 is 23.2 Å². The summed E-state index contributed by atoms with van der Waals surface area (Å²) in [6.07, 6.45) is 1.09. The number of nitro groups is 1. The highest BCUT2D eigenvalue weighted by Gasteiger charge is 2.17. The van der Waals surface area contributed by atoms with Crippen molar-refractivity contribution in [3.63, 3.8) is 0 Å². The van der Waals surface area contributed by atoms with E-state index in [-0.39, 0.29) is 22.4 Å². The van der Waals surface area contributed by atoms with Gasteiger partial charge in [-0.05, 0) is 19.4 Å². The van der Waals surface area contributed by atoms with Crippen LogP contribution < -0.4 is 10.1 Å². The molecule has 1 N–H and O–H groups in total. The normalized spacial score (nSPS) is 11.8. The molecule has 0 fully saturated rings. The molecule has 0 heterocycles. The predicted molar refractivity (Wildman–Crippen MR) is 76.1 cm³/mol. The summed E-state index contributed by atoms with van der Waals surface area (Å²) in [5, 5.41) is 13.6. The number of nitrogens with one attached hydrogen (secondary N) is 1. The van der Waals surface area contributed by atoms with E-state index in [1.54, 1.807) is 6.92 Å². The van der Waals surface area contributed by atoms with E-state index < -0.39 is 11.0 Å². The summed E-state index contributed by atoms with van der Waals surface area (Å²) in [4.78, 5) is 21.9. The molecule has 6 nitrogen and oxygen atoms in total. The Morgan fingerprint density at radius 3 is 2.85 bits per heavy atom. The molecule has 0 spiro atoms. The van der Waals surface area contributed by atoms with Crippen LogP contribution in [-0.4, -0.2) is 23.5 Å². The fourth-order valence-corrected chi connectivity index (χ4v) is 1.63. The summed E-state index contributed by atoms with van der Waals surface area (Å²) in [5.74, 6) is -0.153. The number of nitro benzene ring substituents is 1. The first-order valence-electron chi connectivity index (χ1n) is 6.34. The van der Waals surface area contributed by atoms with E-state index in [0.717, 1.165) is 12.8 Å². The van der Waals surface area contributed by atoms with Crippen LogP contribution in [0.15, 0.2) is 18.2 Å². The smallest absolute Gasteiger partial charge is 0.273 e. The average Bonchev–Trinajstić information content (AvgIpc) is 2.41. The molecule has 1 aromatic rings. The summed E-state index contributed by atoms with van der Waals surface area (Å²) in [6.45, 7) is 4.16. The largest absolute Gasteiger partial charge is 0.479 e. The summed E-state index contributed by atoms with van der Waals surface area (Å²) < 4.78 is 5.38. The number of non-ortho nitro benzene ring substituents is 1. The van der Waals surface area contributed by atoms with E-state index in [2.05, 4.69) is 5.32 Å². The number of benzene rings is 1. The first-order valence-corrected chi connectivity index (χ1v) is 6.71. The Hall–Kier alpha value is -1.82. The molecule has 110 valence electrons. The molecule has 0 aromatic heterocycles. The monoisotopic (exact) mass is 300 g/mol. The van der Waals surface area contributed by atoms with E-state index in [1.165, 1.54) is 18.2 Å². The minimum absolute atomic E-state index is 0.124. The second-order valence-electron chi connectivity index (χ2n) is 4.28. The zero-order valence-electron chi connectivity index (χ0n) is 11.4. The van der Waals surface area contributed by atoms with E-state index in [1.807, 2.05) is 6.92 Å². The van der Waals surface area contributed by atoms with Crippen LogP contribution >= 0.6 is 11.6 Å². The second kappa shape index (κ2) is 7.69. The molecular formula is C13H17ClN2O4. The van der Waals surface area contributed by atoms with Crippen molar-refractivity contribution in [1.29, 1.82) is 0 Å². The van der Waals surface area contributed by atoms with Gasteiger partial charge in [0, 0.05) is 12.6 Å². The van der Waals surface area contributed by atoms with Crippen LogP contribution in [0.3, 0.4) is 0 Å². The molecule has 0 bridgehead atoms. The van der Waals surface area contributed by atoms with Gasteiger partial charge in [-0.3, -0.25) is 14.9 Å². The van der Waals surface area contributed by atoms with Gasteiger partial charge in [0.15, 0.2) is 6.10 Å². The molecular weight excluding hydrogens is 284 g/mol. The lowest BCUT2D eigenvalue weighted by Crippen LogP contribution is -2.36. The van der Waals surface area contributed by atoms with E-state index in [9.17, 15) is 14.9 Å². The Labute approximate surface area is 122 Å². The zero-order valence-corrected chi connectivity index (χ0v) is 12.1. The Bertz CT molecular complexity index is 493. The Balaban J connectivity index is 2.69. The number of carbonyl (C=O) groups is 1. The molecule has 0 aliphatic carbocycles. The van der Waals surface area contributed by atoms with Crippen LogP contribution in [0, 0.1) is 10.1 Å². The van der Waals surface area contributed by atoms with Crippen molar-refractivity contribution in [2.45, 2.75) is 32.8 Å². The minimum atomic E-state index is -0.772. The van der Waals surface area contributed by atoms with Gasteiger partial charge >= 0.3 is 0 Å². The van der Waals surface area contributed by atoms with Gasteiger partial charge in [-0.25, -0.2) is 0 Å². The van der Waals surface area contributed by atoms with E-state index in [4.69, 9.17) is 16.3 Å². The van der Waals surface area contributed by atoms with E-state index >= 15 is 0 Å². The molecule has 0 saturated carbocycles. The SMILES string of the molecule is CCCCNC(=O)C(C)Oc1cc([N+](=O)[O-])ccc1Cl. The average molecular weight is 301 g/mol. The third-order valence-electron chi connectivity index (χ3n) is 2.63. The molecule has 20 heavy (non-hydrogen) atoms. The molecule has 1 aromatic carbocycles. The summed E-state index contributed by atoms with van der Waals surface area (Å²) in [6, 6.07) is 3.86. The van der Waals surface area contributed by atoms with Gasteiger partial charge in [0.1, 0.15) is 5.75 Å². The van der Waals surface area contributed by atoms with Crippen molar-refractivity contribution in [1.82, 2.24) is 5.32 Å². The van der Waals surface area contributed by atoms with Crippen LogP contribution in [-0.2, 0) is 4.79 Å². The van der Waals surface area contributed by atoms with Crippen LogP contribution in [0.2, 0.25) is 5.02 Å². The zero-order chi connectivity index (χ0) is 15.1. The number of rotatable bonds is 7. The Kier molecular flexibility index (Phi) is 6.24. The summed E-state index contributed by atoms with van der Waals surface area (Å²) in [5.41, 5.74) is -0.136. The number of carbonyl (C=O) groups excluding carboxylic acids is 1. The topological polar surface area (TPSA) is 81.5 Å². The molecule has 1 unspecified atom stereocenters. The van der Waals surface area contributed by atoms with E-state index in [0.29, 0.717) is 6.54 Å². The summed E-state index contributed by atoms with van der Waals surface area (Å²) >= 11 is 5.90. The molecule has 1 amide bonds. The maximum Gasteiger partial charge on any atom is 0.273 e. The standard InChI is InChI=1S/C13H17ClN2O4/c1-3-4-7-15-13(17)9(2)20-12-8-10(16(18)19)5-6-11(12)14/h5-6,8-9H,3-4,7H2,1-2H3,(H,15,17). The first-order chi connectivity index (χ1) is 9.45. The molecule has 0 radical (unpaired) electrons. The number of halogens is 1. The van der Waals surface area contributed by atoms with Crippen LogP contribution in [0.1, 0.15) is 26.7 Å². The fraction of sp³-hybridized carbons (Fsp3) is 0.462. The molecule has 0 saturated heterocycles. The van der Waals surface area contributed by atoms with Gasteiger partial charge in [-0.2, -0.15) is 0 Å². The lowest BCUT2D eigenvalue weighted by atomic mass is 10.3. The second-order valence-corrected chi connectivity index (χ2v) is 4.68. The van der Waals surface area contributed by atoms with Crippen LogP contribution in [0.4, 0.5) is 5.69 Å². The predicted octanol–water partition coefficient (Wildman–Crippen LogP) is 2.93. The quantitative estimate of drug-likeness (QED) is 0.477. The van der Waals surface area contributed by atoms with Gasteiger partial charge in [-0.1, -0.05) is 24.9 Å². The highest BCUT2D eigenvalue weighted by Crippen LogP contribution is 2.29. The number of hydrogen-bond donors (Lipinski definition) is 1. The highest BCUT2D eigenvalue weighted by atomic mass is 35.5. The van der Waals surface area contributed by atoms with Crippen molar-refractivity contribution in [3.8, 4) is 5.75 Å². The minimum Gasteiger partial charge on any atom is -0.479 e. The van der Waals surface area contributed by atoms with Crippen molar-refractivity contribution in [2.75, 3.05) is 6.54 Å². The van der Waals surface area contributed by atoms with Crippen LogP contribution in [0.5, 0.6) is 5.75 Å². The Morgan fingerprint density at radius 1 is 1.55 bits per heavy atom. The van der Waals surface area contributed by atoms with Crippen molar-refractivity contribution in [3.05, 3.63) is 33.3 Å². The first kappa shape index (κ1) is 16.2. The number of unbranched alkanes of at least 4 members (excludes halogenated alkanes) is 1. The third-order valence-corrected chi connectivity index (χ3v) is 2.94. The molecule has 0 aliphatic rings. The molecule has 1 atom stereocenters. The third kappa shape index (κ3) is 4.70. The fourth-order valence-electron chi connectivity index (χ4n) is 1.47. The van der Waals surface area contributed by atoms with Crippen LogP contribution in [0.25, 0.3) is 0 Å². The lowest BCUT2D eigenvalue weighted by molar-refractivity contribution is -0.384. The van der Waals surface area contributed by atoms with Gasteiger partial charge < -0.3 is 10.1 Å². The maximum atomic E-state index is 11.7. The molecule has 7 heteroatoms. The van der Waals surface area contributed by atoms with Crippen molar-refractivity contribution in [2.24, 2.45) is 0 Å². The molecule has 1 rings (SSSR count). The number of amides is 1. The van der Waals surface area contributed by atoms with Gasteiger partial charge in [-0.15, -0.1) is 0 Å². The lowest BCUT2D eigenvalue weighted by Gasteiger charge is -2.15. The van der Waals surface area contributed by atoms with Gasteiger partial charge in [0.05, 0.1) is 16.0 Å². The summed E-state index contributed by atoms with van der Waals surface area (Å²) in [7, 11) is 0. The number of nitrogens with zero attached hydrogens (tertiary/aromatic N) is 1. The van der Waals surface area contributed by atoms with Gasteiger partial charge in [0.2, 0.25) is 0 Å². The number of ether oxygens (including phenoxy) is 1. The highest BCUT2D eigenvalue weighted by molar-refractivity contribution is 6.32. The molecule has 0 aliphatic heterocycles. The number of hydrogen-bond acceptors (Lipinski definition) is 4. The van der Waals surface area contributed by atoms with Crippen molar-refractivity contribution < 1.29 is 14.5 Å². The van der Waals surface area contributed by atoms with Gasteiger partial charge in [0.25, 0.3) is 11.6 Å².